The fourth-order valence-corrected chi connectivity index (χ4v) is 5.59. The molecule has 1 aromatic rings. The second-order valence-electron chi connectivity index (χ2n) is 10.1. The Hall–Kier alpha value is -1.79. The SMILES string of the molecule is CC(=O)N[C@@H](C(=O)N1CC[C@@H]2O[C@@H]3c4cc(Cl)ccc4OC(C)(C)[C@H]3C[C@@H]2C1)C(C)C. The Kier molecular flexibility index (Phi) is 5.99. The van der Waals surface area contributed by atoms with E-state index < -0.39 is 6.04 Å². The molecule has 170 valence electrons. The van der Waals surface area contributed by atoms with E-state index in [1.165, 1.54) is 6.92 Å². The van der Waals surface area contributed by atoms with Crippen molar-refractivity contribution >= 4 is 23.4 Å². The number of fused-ring (bicyclic) bond motifs is 4. The summed E-state index contributed by atoms with van der Waals surface area (Å²) in [6.45, 7) is 10.9. The highest BCUT2D eigenvalue weighted by Gasteiger charge is 2.51. The number of benzene rings is 1. The van der Waals surface area contributed by atoms with Crippen LogP contribution in [-0.2, 0) is 14.3 Å². The molecule has 0 unspecified atom stereocenters. The molecule has 3 heterocycles. The van der Waals surface area contributed by atoms with Crippen molar-refractivity contribution in [2.24, 2.45) is 17.8 Å². The number of carbonyl (C=O) groups excluding carboxylic acids is 2. The highest BCUT2D eigenvalue weighted by Crippen LogP contribution is 2.53. The van der Waals surface area contributed by atoms with Gasteiger partial charge in [-0.25, -0.2) is 0 Å². The lowest BCUT2D eigenvalue weighted by Crippen LogP contribution is -2.58. The first kappa shape index (κ1) is 22.4. The maximum Gasteiger partial charge on any atom is 0.245 e. The van der Waals surface area contributed by atoms with Gasteiger partial charge in [0.2, 0.25) is 11.8 Å². The molecule has 0 aromatic heterocycles. The Bertz CT molecular complexity index is 871. The molecule has 3 aliphatic rings. The van der Waals surface area contributed by atoms with Crippen LogP contribution in [0.5, 0.6) is 5.75 Å². The number of piperidine rings is 1. The number of amides is 2. The molecule has 0 bridgehead atoms. The summed E-state index contributed by atoms with van der Waals surface area (Å²) in [5.74, 6) is 1.12. The molecule has 3 aliphatic heterocycles. The van der Waals surface area contributed by atoms with Gasteiger partial charge >= 0.3 is 0 Å². The summed E-state index contributed by atoms with van der Waals surface area (Å²) < 4.78 is 13.0. The first-order valence-electron chi connectivity index (χ1n) is 11.3. The van der Waals surface area contributed by atoms with Gasteiger partial charge in [0.25, 0.3) is 0 Å². The van der Waals surface area contributed by atoms with Crippen molar-refractivity contribution in [3.63, 3.8) is 0 Å². The van der Waals surface area contributed by atoms with Crippen LogP contribution < -0.4 is 10.1 Å². The Labute approximate surface area is 189 Å². The molecule has 2 saturated heterocycles. The van der Waals surface area contributed by atoms with Gasteiger partial charge in [-0.1, -0.05) is 25.4 Å². The number of ether oxygens (including phenoxy) is 2. The fraction of sp³-hybridized carbons (Fsp3) is 0.667. The van der Waals surface area contributed by atoms with Gasteiger partial charge in [-0.3, -0.25) is 9.59 Å². The molecule has 2 amide bonds. The van der Waals surface area contributed by atoms with Gasteiger partial charge in [-0.15, -0.1) is 0 Å². The van der Waals surface area contributed by atoms with Crippen molar-refractivity contribution in [2.75, 3.05) is 13.1 Å². The van der Waals surface area contributed by atoms with E-state index in [1.54, 1.807) is 0 Å². The van der Waals surface area contributed by atoms with Crippen molar-refractivity contribution in [1.29, 1.82) is 0 Å². The summed E-state index contributed by atoms with van der Waals surface area (Å²) in [5, 5.41) is 3.51. The molecular weight excluding hydrogens is 416 g/mol. The maximum atomic E-state index is 13.2. The Morgan fingerprint density at radius 2 is 2.03 bits per heavy atom. The van der Waals surface area contributed by atoms with E-state index in [-0.39, 0.29) is 47.4 Å². The number of nitrogens with zero attached hydrogens (tertiary/aromatic N) is 1. The van der Waals surface area contributed by atoms with E-state index >= 15 is 0 Å². The zero-order valence-corrected chi connectivity index (χ0v) is 19.7. The summed E-state index contributed by atoms with van der Waals surface area (Å²) in [6.07, 6.45) is 1.76. The summed E-state index contributed by atoms with van der Waals surface area (Å²) >= 11 is 6.28. The van der Waals surface area contributed by atoms with Crippen LogP contribution in [-0.4, -0.2) is 47.6 Å². The second kappa shape index (κ2) is 8.28. The topological polar surface area (TPSA) is 67.9 Å². The molecule has 2 fully saturated rings. The summed E-state index contributed by atoms with van der Waals surface area (Å²) in [7, 11) is 0. The van der Waals surface area contributed by atoms with Gasteiger partial charge in [-0.05, 0) is 50.8 Å². The molecular formula is C24H33ClN2O4. The zero-order chi connectivity index (χ0) is 22.5. The Balaban J connectivity index is 1.53. The van der Waals surface area contributed by atoms with Crippen molar-refractivity contribution in [2.45, 2.75) is 71.3 Å². The van der Waals surface area contributed by atoms with Crippen LogP contribution in [0.4, 0.5) is 0 Å². The normalized spacial score (nSPS) is 29.8. The molecule has 0 saturated carbocycles. The average molecular weight is 449 g/mol. The smallest absolute Gasteiger partial charge is 0.245 e. The molecule has 0 radical (unpaired) electrons. The number of rotatable bonds is 3. The van der Waals surface area contributed by atoms with Crippen LogP contribution in [0.15, 0.2) is 18.2 Å². The monoisotopic (exact) mass is 448 g/mol. The van der Waals surface area contributed by atoms with Crippen LogP contribution in [0.1, 0.15) is 59.1 Å². The second-order valence-corrected chi connectivity index (χ2v) is 10.5. The maximum absolute atomic E-state index is 13.2. The van der Waals surface area contributed by atoms with Gasteiger partial charge in [0.1, 0.15) is 17.4 Å². The molecule has 7 heteroatoms. The molecule has 1 aromatic carbocycles. The molecule has 1 N–H and O–H groups in total. The lowest BCUT2D eigenvalue weighted by Gasteiger charge is -2.53. The lowest BCUT2D eigenvalue weighted by atomic mass is 9.70. The van der Waals surface area contributed by atoms with Crippen molar-refractivity contribution < 1.29 is 19.1 Å². The van der Waals surface area contributed by atoms with Crippen LogP contribution in [0.25, 0.3) is 0 Å². The first-order chi connectivity index (χ1) is 14.6. The van der Waals surface area contributed by atoms with E-state index in [9.17, 15) is 9.59 Å². The number of halogens is 1. The van der Waals surface area contributed by atoms with E-state index in [4.69, 9.17) is 21.1 Å². The van der Waals surface area contributed by atoms with E-state index in [2.05, 4.69) is 19.2 Å². The third kappa shape index (κ3) is 4.29. The number of hydrogen-bond donors (Lipinski definition) is 1. The van der Waals surface area contributed by atoms with Crippen molar-refractivity contribution in [3.8, 4) is 5.75 Å². The molecule has 6 nitrogen and oxygen atoms in total. The van der Waals surface area contributed by atoms with Crippen molar-refractivity contribution in [3.05, 3.63) is 28.8 Å². The van der Waals surface area contributed by atoms with Gasteiger partial charge in [0, 0.05) is 42.4 Å². The van der Waals surface area contributed by atoms with E-state index in [1.807, 2.05) is 36.9 Å². The predicted molar refractivity (Wildman–Crippen MR) is 119 cm³/mol. The summed E-state index contributed by atoms with van der Waals surface area (Å²) in [5.41, 5.74) is 0.652. The minimum absolute atomic E-state index is 0.00190. The third-order valence-corrected chi connectivity index (χ3v) is 7.29. The van der Waals surface area contributed by atoms with Crippen LogP contribution in [0.2, 0.25) is 5.02 Å². The molecule has 5 atom stereocenters. The fourth-order valence-electron chi connectivity index (χ4n) is 5.41. The molecule has 4 rings (SSSR count). The largest absolute Gasteiger partial charge is 0.487 e. The highest BCUT2D eigenvalue weighted by molar-refractivity contribution is 6.30. The van der Waals surface area contributed by atoms with Crippen LogP contribution >= 0.6 is 11.6 Å². The average Bonchev–Trinajstić information content (AvgIpc) is 2.70. The number of hydrogen-bond acceptors (Lipinski definition) is 4. The number of likely N-dealkylation sites (tertiary alicyclic amines) is 1. The van der Waals surface area contributed by atoms with E-state index in [0.29, 0.717) is 18.1 Å². The van der Waals surface area contributed by atoms with E-state index in [0.717, 1.165) is 24.2 Å². The Morgan fingerprint density at radius 3 is 2.71 bits per heavy atom. The zero-order valence-electron chi connectivity index (χ0n) is 19.0. The van der Waals surface area contributed by atoms with Gasteiger partial charge in [-0.2, -0.15) is 0 Å². The Morgan fingerprint density at radius 1 is 1.29 bits per heavy atom. The quantitative estimate of drug-likeness (QED) is 0.759. The standard InChI is InChI=1S/C24H33ClN2O4/c1-13(2)21(26-14(3)28)23(29)27-9-8-19-15(12-27)10-18-22(30-19)17-11-16(25)6-7-20(17)31-24(18,4)5/h6-7,11,13,15,18-19,21-22H,8-10,12H2,1-5H3,(H,26,28)/t15-,18+,19+,21-,22-/m1/s1. The minimum atomic E-state index is -0.491. The van der Waals surface area contributed by atoms with Gasteiger partial charge in [0.15, 0.2) is 0 Å². The third-order valence-electron chi connectivity index (χ3n) is 7.06. The molecule has 0 spiro atoms. The van der Waals surface area contributed by atoms with Gasteiger partial charge in [0.05, 0.1) is 12.2 Å². The van der Waals surface area contributed by atoms with Crippen molar-refractivity contribution in [1.82, 2.24) is 10.2 Å². The molecule has 0 aliphatic carbocycles. The summed E-state index contributed by atoms with van der Waals surface area (Å²) in [6, 6.07) is 5.26. The van der Waals surface area contributed by atoms with Crippen LogP contribution in [0.3, 0.4) is 0 Å². The minimum Gasteiger partial charge on any atom is -0.487 e. The number of nitrogens with one attached hydrogen (secondary N) is 1. The molecule has 31 heavy (non-hydrogen) atoms. The summed E-state index contributed by atoms with van der Waals surface area (Å²) in [4.78, 5) is 26.7. The highest BCUT2D eigenvalue weighted by atomic mass is 35.5. The number of carbonyl (C=O) groups is 2. The predicted octanol–water partition coefficient (Wildman–Crippen LogP) is 3.97. The first-order valence-corrected chi connectivity index (χ1v) is 11.6. The van der Waals surface area contributed by atoms with Gasteiger partial charge < -0.3 is 19.7 Å². The lowest BCUT2D eigenvalue weighted by molar-refractivity contribution is -0.189. The van der Waals surface area contributed by atoms with Crippen LogP contribution in [0, 0.1) is 17.8 Å².